The van der Waals surface area contributed by atoms with Gasteiger partial charge in [0.05, 0.1) is 0 Å². The maximum atomic E-state index is 12.2. The molecule has 92 valence electrons. The van der Waals surface area contributed by atoms with Crippen molar-refractivity contribution in [3.8, 4) is 0 Å². The number of rotatable bonds is 3. The lowest BCUT2D eigenvalue weighted by Gasteiger charge is -2.16. The molecule has 1 aromatic carbocycles. The third kappa shape index (κ3) is 2.65. The van der Waals surface area contributed by atoms with E-state index in [2.05, 4.69) is 0 Å². The van der Waals surface area contributed by atoms with Crippen LogP contribution in [0, 0.1) is 5.92 Å². The van der Waals surface area contributed by atoms with E-state index >= 15 is 0 Å². The molecular weight excluding hydrogens is 216 g/mol. The Morgan fingerprint density at radius 1 is 1.53 bits per heavy atom. The van der Waals surface area contributed by atoms with Crippen LogP contribution in [0.4, 0.5) is 0 Å². The minimum Gasteiger partial charge on any atom is -0.396 e. The number of nitrogens with zero attached hydrogens (tertiary/aromatic N) is 1. The first-order valence-electron chi connectivity index (χ1n) is 5.93. The summed E-state index contributed by atoms with van der Waals surface area (Å²) in [5.41, 5.74) is 7.21. The van der Waals surface area contributed by atoms with Crippen LogP contribution in [-0.4, -0.2) is 35.6 Å². The van der Waals surface area contributed by atoms with Crippen molar-refractivity contribution in [2.45, 2.75) is 13.0 Å². The Morgan fingerprint density at radius 3 is 3.00 bits per heavy atom. The SMILES string of the molecule is NCc1cccc(C(=O)N2CCC(CO)C2)c1. The van der Waals surface area contributed by atoms with Gasteiger partial charge in [-0.3, -0.25) is 4.79 Å². The lowest BCUT2D eigenvalue weighted by atomic mass is 10.1. The van der Waals surface area contributed by atoms with E-state index in [1.54, 1.807) is 4.90 Å². The highest BCUT2D eigenvalue weighted by Crippen LogP contribution is 2.18. The topological polar surface area (TPSA) is 66.6 Å². The number of carbonyl (C=O) groups is 1. The van der Waals surface area contributed by atoms with Gasteiger partial charge in [0.15, 0.2) is 0 Å². The van der Waals surface area contributed by atoms with Crippen molar-refractivity contribution in [1.82, 2.24) is 4.90 Å². The first-order chi connectivity index (χ1) is 8.24. The molecule has 0 bridgehead atoms. The van der Waals surface area contributed by atoms with Gasteiger partial charge in [-0.05, 0) is 24.1 Å². The van der Waals surface area contributed by atoms with Crippen molar-refractivity contribution >= 4 is 5.91 Å². The summed E-state index contributed by atoms with van der Waals surface area (Å²) in [5, 5.41) is 9.06. The number of aliphatic hydroxyl groups is 1. The number of nitrogens with two attached hydrogens (primary N) is 1. The third-order valence-electron chi connectivity index (χ3n) is 3.24. The summed E-state index contributed by atoms with van der Waals surface area (Å²) in [6.45, 7) is 1.99. The molecule has 2 rings (SSSR count). The highest BCUT2D eigenvalue weighted by molar-refractivity contribution is 5.94. The Morgan fingerprint density at radius 2 is 2.35 bits per heavy atom. The van der Waals surface area contributed by atoms with E-state index in [0.717, 1.165) is 18.5 Å². The predicted molar refractivity (Wildman–Crippen MR) is 65.4 cm³/mol. The summed E-state index contributed by atoms with van der Waals surface area (Å²) in [6, 6.07) is 7.43. The van der Waals surface area contributed by atoms with Crippen molar-refractivity contribution in [2.24, 2.45) is 11.7 Å². The predicted octanol–water partition coefficient (Wildman–Crippen LogP) is 0.600. The average Bonchev–Trinajstić information content (AvgIpc) is 2.86. The normalized spacial score (nSPS) is 19.6. The van der Waals surface area contributed by atoms with Gasteiger partial charge in [0.2, 0.25) is 0 Å². The van der Waals surface area contributed by atoms with Crippen molar-refractivity contribution in [2.75, 3.05) is 19.7 Å². The zero-order chi connectivity index (χ0) is 12.3. The molecule has 1 unspecified atom stereocenters. The van der Waals surface area contributed by atoms with Gasteiger partial charge in [-0.1, -0.05) is 12.1 Å². The van der Waals surface area contributed by atoms with Crippen LogP contribution >= 0.6 is 0 Å². The van der Waals surface area contributed by atoms with E-state index in [-0.39, 0.29) is 18.4 Å². The molecular formula is C13H18N2O2. The standard InChI is InChI=1S/C13H18N2O2/c14-7-10-2-1-3-12(6-10)13(17)15-5-4-11(8-15)9-16/h1-3,6,11,16H,4-5,7-9,14H2. The molecule has 1 amide bonds. The highest BCUT2D eigenvalue weighted by atomic mass is 16.3. The third-order valence-corrected chi connectivity index (χ3v) is 3.24. The Kier molecular flexibility index (Phi) is 3.76. The quantitative estimate of drug-likeness (QED) is 0.805. The molecule has 3 N–H and O–H groups in total. The fourth-order valence-corrected chi connectivity index (χ4v) is 2.18. The molecule has 0 radical (unpaired) electrons. The van der Waals surface area contributed by atoms with E-state index in [4.69, 9.17) is 10.8 Å². The van der Waals surface area contributed by atoms with Crippen LogP contribution < -0.4 is 5.73 Å². The van der Waals surface area contributed by atoms with Crippen molar-refractivity contribution in [3.05, 3.63) is 35.4 Å². The largest absolute Gasteiger partial charge is 0.396 e. The molecule has 1 aliphatic rings. The summed E-state index contributed by atoms with van der Waals surface area (Å²) in [4.78, 5) is 14.0. The lowest BCUT2D eigenvalue weighted by Crippen LogP contribution is -2.29. The van der Waals surface area contributed by atoms with Gasteiger partial charge in [0, 0.05) is 37.7 Å². The number of hydrogen-bond donors (Lipinski definition) is 2. The van der Waals surface area contributed by atoms with Crippen LogP contribution in [0.3, 0.4) is 0 Å². The molecule has 1 aromatic rings. The molecule has 0 aromatic heterocycles. The van der Waals surface area contributed by atoms with Crippen LogP contribution in [-0.2, 0) is 6.54 Å². The summed E-state index contributed by atoms with van der Waals surface area (Å²) in [7, 11) is 0. The highest BCUT2D eigenvalue weighted by Gasteiger charge is 2.26. The zero-order valence-corrected chi connectivity index (χ0v) is 9.80. The molecule has 0 aliphatic carbocycles. The molecule has 1 aliphatic heterocycles. The first kappa shape index (κ1) is 12.1. The number of amides is 1. The second-order valence-electron chi connectivity index (χ2n) is 4.49. The Bertz CT molecular complexity index is 406. The Hall–Kier alpha value is -1.39. The number of benzene rings is 1. The molecule has 1 heterocycles. The van der Waals surface area contributed by atoms with Gasteiger partial charge in [0.25, 0.3) is 5.91 Å². The lowest BCUT2D eigenvalue weighted by molar-refractivity contribution is 0.0782. The maximum absolute atomic E-state index is 12.2. The fourth-order valence-electron chi connectivity index (χ4n) is 2.18. The molecule has 1 saturated heterocycles. The van der Waals surface area contributed by atoms with E-state index in [0.29, 0.717) is 18.7 Å². The fraction of sp³-hybridized carbons (Fsp3) is 0.462. The monoisotopic (exact) mass is 234 g/mol. The second kappa shape index (κ2) is 5.29. The van der Waals surface area contributed by atoms with Gasteiger partial charge in [-0.25, -0.2) is 0 Å². The van der Waals surface area contributed by atoms with E-state index in [1.807, 2.05) is 24.3 Å². The van der Waals surface area contributed by atoms with Gasteiger partial charge in [0.1, 0.15) is 0 Å². The summed E-state index contributed by atoms with van der Waals surface area (Å²) in [6.07, 6.45) is 0.888. The smallest absolute Gasteiger partial charge is 0.253 e. The van der Waals surface area contributed by atoms with Crippen molar-refractivity contribution in [3.63, 3.8) is 0 Å². The van der Waals surface area contributed by atoms with E-state index in [9.17, 15) is 4.79 Å². The van der Waals surface area contributed by atoms with Crippen LogP contribution in [0.1, 0.15) is 22.3 Å². The number of carbonyl (C=O) groups excluding carboxylic acids is 1. The minimum absolute atomic E-state index is 0.0382. The van der Waals surface area contributed by atoms with Crippen LogP contribution in [0.2, 0.25) is 0 Å². The first-order valence-corrected chi connectivity index (χ1v) is 5.93. The van der Waals surface area contributed by atoms with Gasteiger partial charge >= 0.3 is 0 Å². The molecule has 17 heavy (non-hydrogen) atoms. The molecule has 4 heteroatoms. The average molecular weight is 234 g/mol. The molecule has 0 saturated carbocycles. The van der Waals surface area contributed by atoms with Gasteiger partial charge in [-0.15, -0.1) is 0 Å². The Labute approximate surface area is 101 Å². The zero-order valence-electron chi connectivity index (χ0n) is 9.80. The molecule has 1 fully saturated rings. The summed E-state index contributed by atoms with van der Waals surface area (Å²) in [5.74, 6) is 0.271. The maximum Gasteiger partial charge on any atom is 0.253 e. The van der Waals surface area contributed by atoms with Crippen molar-refractivity contribution < 1.29 is 9.90 Å². The van der Waals surface area contributed by atoms with Crippen LogP contribution in [0.5, 0.6) is 0 Å². The summed E-state index contributed by atoms with van der Waals surface area (Å²) >= 11 is 0. The van der Waals surface area contributed by atoms with Gasteiger partial charge in [-0.2, -0.15) is 0 Å². The number of likely N-dealkylation sites (tertiary alicyclic amines) is 1. The molecule has 1 atom stereocenters. The molecule has 0 spiro atoms. The Balaban J connectivity index is 2.09. The minimum atomic E-state index is 0.0382. The summed E-state index contributed by atoms with van der Waals surface area (Å²) < 4.78 is 0. The second-order valence-corrected chi connectivity index (χ2v) is 4.49. The van der Waals surface area contributed by atoms with Crippen LogP contribution in [0.15, 0.2) is 24.3 Å². The van der Waals surface area contributed by atoms with Crippen molar-refractivity contribution in [1.29, 1.82) is 0 Å². The molecule has 4 nitrogen and oxygen atoms in total. The van der Waals surface area contributed by atoms with Gasteiger partial charge < -0.3 is 15.7 Å². The van der Waals surface area contributed by atoms with E-state index < -0.39 is 0 Å². The van der Waals surface area contributed by atoms with Crippen LogP contribution in [0.25, 0.3) is 0 Å². The number of hydrogen-bond acceptors (Lipinski definition) is 3. The van der Waals surface area contributed by atoms with E-state index in [1.165, 1.54) is 0 Å². The number of aliphatic hydroxyl groups excluding tert-OH is 1.